The molecule has 1 unspecified atom stereocenters. The van der Waals surface area contributed by atoms with Crippen LogP contribution in [0.25, 0.3) is 22.5 Å². The fraction of sp³-hybridized carbons (Fsp3) is 0.261. The number of ether oxygens (including phenoxy) is 2. The molecule has 140 valence electrons. The Hall–Kier alpha value is -3.23. The van der Waals surface area contributed by atoms with Crippen molar-refractivity contribution >= 4 is 0 Å². The Balaban J connectivity index is 1.82. The molecule has 0 amide bonds. The highest BCUT2D eigenvalue weighted by Gasteiger charge is 2.25. The van der Waals surface area contributed by atoms with Gasteiger partial charge in [-0.2, -0.15) is 5.26 Å². The number of pyridine rings is 2. The van der Waals surface area contributed by atoms with Crippen molar-refractivity contribution < 1.29 is 9.47 Å². The van der Waals surface area contributed by atoms with Crippen molar-refractivity contribution in [2.24, 2.45) is 0 Å². The van der Waals surface area contributed by atoms with E-state index >= 15 is 0 Å². The van der Waals surface area contributed by atoms with Crippen molar-refractivity contribution in [3.8, 4) is 34.5 Å². The molecule has 4 rings (SSSR count). The van der Waals surface area contributed by atoms with Crippen molar-refractivity contribution in [2.75, 3.05) is 13.2 Å². The zero-order valence-electron chi connectivity index (χ0n) is 15.9. The first-order chi connectivity index (χ1) is 13.7. The van der Waals surface area contributed by atoms with Gasteiger partial charge in [-0.3, -0.25) is 4.98 Å². The smallest absolute Gasteiger partial charge is 0.233 e. The van der Waals surface area contributed by atoms with Gasteiger partial charge in [-0.25, -0.2) is 4.98 Å². The van der Waals surface area contributed by atoms with Crippen LogP contribution in [0.2, 0.25) is 0 Å². The highest BCUT2D eigenvalue weighted by atomic mass is 16.6. The molecule has 0 saturated carbocycles. The second kappa shape index (κ2) is 7.79. The predicted octanol–water partition coefficient (Wildman–Crippen LogP) is 4.58. The highest BCUT2D eigenvalue weighted by molar-refractivity contribution is 5.77. The SMILES string of the molecule is CC(C)c1ccc(-c2cc(-c3ccccn3)nc(OCC3CO3)c2C#N)cc1. The first kappa shape index (κ1) is 18.1. The van der Waals surface area contributed by atoms with E-state index < -0.39 is 0 Å². The van der Waals surface area contributed by atoms with Crippen LogP contribution in [0.1, 0.15) is 30.9 Å². The summed E-state index contributed by atoms with van der Waals surface area (Å²) in [7, 11) is 0. The standard InChI is InChI=1S/C23H21N3O2/c1-15(2)16-6-8-17(9-7-16)19-11-22(21-5-3-4-10-25-21)26-23(20(19)12-24)28-14-18-13-27-18/h3-11,15,18H,13-14H2,1-2H3. The molecule has 1 atom stereocenters. The topological polar surface area (TPSA) is 71.3 Å². The van der Waals surface area contributed by atoms with Crippen LogP contribution >= 0.6 is 0 Å². The van der Waals surface area contributed by atoms with Crippen LogP contribution in [0.4, 0.5) is 0 Å². The summed E-state index contributed by atoms with van der Waals surface area (Å²) in [5.74, 6) is 0.771. The summed E-state index contributed by atoms with van der Waals surface area (Å²) in [4.78, 5) is 8.98. The molecule has 1 fully saturated rings. The molecular formula is C23H21N3O2. The first-order valence-corrected chi connectivity index (χ1v) is 9.37. The van der Waals surface area contributed by atoms with Gasteiger partial charge in [-0.05, 0) is 35.2 Å². The lowest BCUT2D eigenvalue weighted by atomic mass is 9.96. The Kier molecular flexibility index (Phi) is 5.05. The molecule has 1 aromatic carbocycles. The number of nitrogens with zero attached hydrogens (tertiary/aromatic N) is 3. The van der Waals surface area contributed by atoms with E-state index in [4.69, 9.17) is 9.47 Å². The molecule has 3 heterocycles. The van der Waals surface area contributed by atoms with Gasteiger partial charge < -0.3 is 9.47 Å². The number of epoxide rings is 1. The van der Waals surface area contributed by atoms with Crippen molar-refractivity contribution in [2.45, 2.75) is 25.9 Å². The molecular weight excluding hydrogens is 350 g/mol. The number of hydrogen-bond acceptors (Lipinski definition) is 5. The van der Waals surface area contributed by atoms with E-state index in [-0.39, 0.29) is 6.10 Å². The molecule has 5 heteroatoms. The maximum atomic E-state index is 9.83. The molecule has 0 aliphatic carbocycles. The average molecular weight is 371 g/mol. The first-order valence-electron chi connectivity index (χ1n) is 9.37. The van der Waals surface area contributed by atoms with Crippen LogP contribution in [0.3, 0.4) is 0 Å². The third kappa shape index (κ3) is 3.88. The molecule has 1 saturated heterocycles. The third-order valence-electron chi connectivity index (χ3n) is 4.72. The van der Waals surface area contributed by atoms with Crippen LogP contribution in [0.15, 0.2) is 54.7 Å². The minimum atomic E-state index is 0.0839. The summed E-state index contributed by atoms with van der Waals surface area (Å²) in [6.07, 6.45) is 1.81. The Morgan fingerprint density at radius 2 is 1.96 bits per heavy atom. The van der Waals surface area contributed by atoms with E-state index in [1.165, 1.54) is 5.56 Å². The van der Waals surface area contributed by atoms with E-state index in [1.807, 2.05) is 36.4 Å². The lowest BCUT2D eigenvalue weighted by molar-refractivity contribution is 0.255. The molecule has 28 heavy (non-hydrogen) atoms. The minimum Gasteiger partial charge on any atom is -0.474 e. The minimum absolute atomic E-state index is 0.0839. The summed E-state index contributed by atoms with van der Waals surface area (Å²) in [6, 6.07) is 18.1. The predicted molar refractivity (Wildman–Crippen MR) is 107 cm³/mol. The number of rotatable bonds is 6. The number of aromatic nitrogens is 2. The van der Waals surface area contributed by atoms with E-state index in [0.29, 0.717) is 36.3 Å². The van der Waals surface area contributed by atoms with Crippen molar-refractivity contribution in [3.05, 3.63) is 65.9 Å². The quantitative estimate of drug-likeness (QED) is 0.593. The van der Waals surface area contributed by atoms with Crippen molar-refractivity contribution in [3.63, 3.8) is 0 Å². The molecule has 5 nitrogen and oxygen atoms in total. The van der Waals surface area contributed by atoms with Gasteiger partial charge in [0, 0.05) is 11.8 Å². The fourth-order valence-electron chi connectivity index (χ4n) is 2.99. The van der Waals surface area contributed by atoms with Crippen LogP contribution in [0.5, 0.6) is 5.88 Å². The zero-order chi connectivity index (χ0) is 19.5. The normalized spacial score (nSPS) is 15.3. The summed E-state index contributed by atoms with van der Waals surface area (Å²) in [5, 5.41) is 9.83. The van der Waals surface area contributed by atoms with Crippen molar-refractivity contribution in [1.29, 1.82) is 5.26 Å². The number of nitriles is 1. The number of benzene rings is 1. The van der Waals surface area contributed by atoms with E-state index in [0.717, 1.165) is 16.8 Å². The van der Waals surface area contributed by atoms with Crippen molar-refractivity contribution in [1.82, 2.24) is 9.97 Å². The van der Waals surface area contributed by atoms with Crippen LogP contribution in [0, 0.1) is 11.3 Å². The Morgan fingerprint density at radius 1 is 1.18 bits per heavy atom. The molecule has 1 aliphatic heterocycles. The fourth-order valence-corrected chi connectivity index (χ4v) is 2.99. The van der Waals surface area contributed by atoms with Gasteiger partial charge in [0.05, 0.1) is 18.0 Å². The van der Waals surface area contributed by atoms with Crippen LogP contribution in [-0.4, -0.2) is 29.3 Å². The monoisotopic (exact) mass is 371 g/mol. The third-order valence-corrected chi connectivity index (χ3v) is 4.72. The molecule has 1 aliphatic rings. The molecule has 2 aromatic heterocycles. The second-order valence-corrected chi connectivity index (χ2v) is 7.11. The largest absolute Gasteiger partial charge is 0.474 e. The summed E-state index contributed by atoms with van der Waals surface area (Å²) in [5.41, 5.74) is 4.84. The van der Waals surface area contributed by atoms with Gasteiger partial charge in [0.1, 0.15) is 24.3 Å². The summed E-state index contributed by atoms with van der Waals surface area (Å²) >= 11 is 0. The molecule has 0 radical (unpaired) electrons. The summed E-state index contributed by atoms with van der Waals surface area (Å²) < 4.78 is 11.1. The van der Waals surface area contributed by atoms with Crippen LogP contribution in [-0.2, 0) is 4.74 Å². The van der Waals surface area contributed by atoms with E-state index in [9.17, 15) is 5.26 Å². The Morgan fingerprint density at radius 3 is 2.57 bits per heavy atom. The lowest BCUT2D eigenvalue weighted by Crippen LogP contribution is -2.08. The lowest BCUT2D eigenvalue weighted by Gasteiger charge is -2.13. The maximum absolute atomic E-state index is 9.83. The van der Waals surface area contributed by atoms with Gasteiger partial charge >= 0.3 is 0 Å². The molecule has 0 N–H and O–H groups in total. The van der Waals surface area contributed by atoms with Gasteiger partial charge in [-0.1, -0.05) is 44.2 Å². The van der Waals surface area contributed by atoms with E-state index in [1.54, 1.807) is 6.20 Å². The maximum Gasteiger partial charge on any atom is 0.233 e. The summed E-state index contributed by atoms with van der Waals surface area (Å²) in [6.45, 7) is 5.39. The van der Waals surface area contributed by atoms with Gasteiger partial charge in [0.15, 0.2) is 0 Å². The average Bonchev–Trinajstić information content (AvgIpc) is 3.56. The highest BCUT2D eigenvalue weighted by Crippen LogP contribution is 2.34. The second-order valence-electron chi connectivity index (χ2n) is 7.11. The zero-order valence-corrected chi connectivity index (χ0v) is 15.9. The Bertz CT molecular complexity index is 1000. The molecule has 3 aromatic rings. The Labute approximate surface area is 164 Å². The van der Waals surface area contributed by atoms with Crippen LogP contribution < -0.4 is 4.74 Å². The molecule has 0 bridgehead atoms. The van der Waals surface area contributed by atoms with Gasteiger partial charge in [-0.15, -0.1) is 0 Å². The number of hydrogen-bond donors (Lipinski definition) is 0. The van der Waals surface area contributed by atoms with Gasteiger partial charge in [0.2, 0.25) is 5.88 Å². The van der Waals surface area contributed by atoms with E-state index in [2.05, 4.69) is 42.0 Å². The molecule has 0 spiro atoms. The van der Waals surface area contributed by atoms with Gasteiger partial charge in [0.25, 0.3) is 0 Å².